The van der Waals surface area contributed by atoms with Gasteiger partial charge >= 0.3 is 0 Å². The molecule has 2 aromatic rings. The molecule has 0 aliphatic heterocycles. The molecule has 0 saturated heterocycles. The number of hydrogen-bond acceptors (Lipinski definition) is 3. The van der Waals surface area contributed by atoms with E-state index in [1.807, 2.05) is 11.4 Å². The quantitative estimate of drug-likeness (QED) is 0.821. The fourth-order valence-corrected chi connectivity index (χ4v) is 2.65. The van der Waals surface area contributed by atoms with E-state index in [9.17, 15) is 4.79 Å². The number of benzene rings is 1. The van der Waals surface area contributed by atoms with Gasteiger partial charge in [0.1, 0.15) is 0 Å². The second-order valence-corrected chi connectivity index (χ2v) is 5.68. The molecule has 0 aliphatic carbocycles. The van der Waals surface area contributed by atoms with Crippen LogP contribution in [0.4, 0.5) is 11.4 Å². The van der Waals surface area contributed by atoms with Gasteiger partial charge in [-0.1, -0.05) is 17.7 Å². The lowest BCUT2D eigenvalue weighted by atomic mass is 10.2. The molecule has 19 heavy (non-hydrogen) atoms. The third kappa shape index (κ3) is 4.26. The van der Waals surface area contributed by atoms with Crippen molar-refractivity contribution in [3.05, 3.63) is 45.6 Å². The van der Waals surface area contributed by atoms with E-state index in [-0.39, 0.29) is 5.91 Å². The summed E-state index contributed by atoms with van der Waals surface area (Å²) in [5, 5.41) is 5.39. The van der Waals surface area contributed by atoms with Crippen LogP contribution in [-0.4, -0.2) is 5.91 Å². The maximum atomic E-state index is 11.8. The molecule has 1 heterocycles. The van der Waals surface area contributed by atoms with E-state index >= 15 is 0 Å². The predicted molar refractivity (Wildman–Crippen MR) is 81.8 cm³/mol. The highest BCUT2D eigenvalue weighted by Gasteiger charge is 2.06. The van der Waals surface area contributed by atoms with Gasteiger partial charge in [-0.15, -0.1) is 11.3 Å². The van der Waals surface area contributed by atoms with E-state index in [2.05, 4.69) is 11.4 Å². The number of rotatable bonds is 5. The summed E-state index contributed by atoms with van der Waals surface area (Å²) in [5.41, 5.74) is 6.87. The van der Waals surface area contributed by atoms with Crippen molar-refractivity contribution >= 4 is 40.2 Å². The molecule has 0 radical (unpaired) electrons. The molecule has 1 aromatic carbocycles. The first-order chi connectivity index (χ1) is 9.15. The molecule has 5 heteroatoms. The van der Waals surface area contributed by atoms with E-state index in [1.165, 1.54) is 4.88 Å². The van der Waals surface area contributed by atoms with Gasteiger partial charge in [0.05, 0.1) is 11.4 Å². The summed E-state index contributed by atoms with van der Waals surface area (Å²) in [5.74, 6) is -0.0366. The van der Waals surface area contributed by atoms with Crippen LogP contribution in [0.5, 0.6) is 0 Å². The van der Waals surface area contributed by atoms with Crippen LogP contribution in [0.15, 0.2) is 35.7 Å². The zero-order valence-corrected chi connectivity index (χ0v) is 11.9. The topological polar surface area (TPSA) is 55.1 Å². The molecule has 0 spiro atoms. The predicted octanol–water partition coefficient (Wildman–Crippen LogP) is 3.95. The molecule has 0 aliphatic rings. The van der Waals surface area contributed by atoms with Crippen LogP contribution in [0.3, 0.4) is 0 Å². The molecule has 100 valence electrons. The van der Waals surface area contributed by atoms with Gasteiger partial charge < -0.3 is 11.1 Å². The second-order valence-electron chi connectivity index (χ2n) is 4.21. The van der Waals surface area contributed by atoms with E-state index < -0.39 is 0 Å². The van der Waals surface area contributed by atoms with Gasteiger partial charge in [0.2, 0.25) is 5.91 Å². The molecule has 0 saturated carbocycles. The Hall–Kier alpha value is -1.52. The molecule has 0 fully saturated rings. The van der Waals surface area contributed by atoms with Crippen molar-refractivity contribution in [1.82, 2.24) is 0 Å². The van der Waals surface area contributed by atoms with Crippen molar-refractivity contribution in [2.24, 2.45) is 0 Å². The van der Waals surface area contributed by atoms with Crippen molar-refractivity contribution in [2.75, 3.05) is 11.1 Å². The number of carbonyl (C=O) groups is 1. The third-order valence-electron chi connectivity index (χ3n) is 2.70. The second kappa shape index (κ2) is 6.59. The maximum absolute atomic E-state index is 11.8. The number of halogens is 1. The van der Waals surface area contributed by atoms with E-state index in [1.54, 1.807) is 29.5 Å². The molecule has 1 aromatic heterocycles. The molecular formula is C14H15ClN2OS. The minimum Gasteiger partial charge on any atom is -0.397 e. The molecule has 2 rings (SSSR count). The van der Waals surface area contributed by atoms with Crippen LogP contribution in [0.1, 0.15) is 17.7 Å². The molecule has 0 unspecified atom stereocenters. The zero-order chi connectivity index (χ0) is 13.7. The number of anilines is 2. The van der Waals surface area contributed by atoms with Gasteiger partial charge in [-0.05, 0) is 42.5 Å². The number of thiophene rings is 1. The lowest BCUT2D eigenvalue weighted by Crippen LogP contribution is -2.12. The monoisotopic (exact) mass is 294 g/mol. The van der Waals surface area contributed by atoms with Crippen molar-refractivity contribution < 1.29 is 4.79 Å². The summed E-state index contributed by atoms with van der Waals surface area (Å²) >= 11 is 7.58. The van der Waals surface area contributed by atoms with Gasteiger partial charge in [-0.25, -0.2) is 0 Å². The number of aryl methyl sites for hydroxylation is 1. The average molecular weight is 295 g/mol. The van der Waals surface area contributed by atoms with Crippen molar-refractivity contribution in [3.8, 4) is 0 Å². The van der Waals surface area contributed by atoms with Crippen molar-refractivity contribution in [1.29, 1.82) is 0 Å². The Labute approximate surface area is 121 Å². The number of nitrogens with two attached hydrogens (primary N) is 1. The number of amides is 1. The van der Waals surface area contributed by atoms with Crippen LogP contribution in [0.25, 0.3) is 0 Å². The SMILES string of the molecule is Nc1ccc(Cl)cc1NC(=O)CCCc1cccs1. The normalized spacial score (nSPS) is 10.4. The Bertz CT molecular complexity index is 555. The van der Waals surface area contributed by atoms with Crippen LogP contribution in [0, 0.1) is 0 Å². The number of nitrogen functional groups attached to an aromatic ring is 1. The number of nitrogens with one attached hydrogen (secondary N) is 1. The Morgan fingerprint density at radius 1 is 1.37 bits per heavy atom. The van der Waals surface area contributed by atoms with Gasteiger partial charge in [-0.3, -0.25) is 4.79 Å². The lowest BCUT2D eigenvalue weighted by Gasteiger charge is -2.08. The maximum Gasteiger partial charge on any atom is 0.224 e. The first-order valence-corrected chi connectivity index (χ1v) is 7.28. The summed E-state index contributed by atoms with van der Waals surface area (Å²) in [7, 11) is 0. The first-order valence-electron chi connectivity index (χ1n) is 6.02. The van der Waals surface area contributed by atoms with Crippen LogP contribution >= 0.6 is 22.9 Å². The summed E-state index contributed by atoms with van der Waals surface area (Å²) in [6.07, 6.45) is 2.23. The Morgan fingerprint density at radius 2 is 2.21 bits per heavy atom. The minimum atomic E-state index is -0.0366. The van der Waals surface area contributed by atoms with Gasteiger partial charge in [0.25, 0.3) is 0 Å². The molecule has 1 amide bonds. The number of carbonyl (C=O) groups excluding carboxylic acids is 1. The van der Waals surface area contributed by atoms with E-state index in [4.69, 9.17) is 17.3 Å². The van der Waals surface area contributed by atoms with Crippen molar-refractivity contribution in [2.45, 2.75) is 19.3 Å². The number of hydrogen-bond donors (Lipinski definition) is 2. The molecule has 3 nitrogen and oxygen atoms in total. The minimum absolute atomic E-state index is 0.0366. The molecule has 3 N–H and O–H groups in total. The standard InChI is InChI=1S/C14H15ClN2OS/c15-10-6-7-12(16)13(9-10)17-14(18)5-1-3-11-4-2-8-19-11/h2,4,6-9H,1,3,5,16H2,(H,17,18). The lowest BCUT2D eigenvalue weighted by molar-refractivity contribution is -0.116. The van der Waals surface area contributed by atoms with Crippen LogP contribution < -0.4 is 11.1 Å². The highest BCUT2D eigenvalue weighted by molar-refractivity contribution is 7.09. The smallest absolute Gasteiger partial charge is 0.224 e. The van der Waals surface area contributed by atoms with Gasteiger partial charge in [0.15, 0.2) is 0 Å². The average Bonchev–Trinajstić information content (AvgIpc) is 2.87. The summed E-state index contributed by atoms with van der Waals surface area (Å²) < 4.78 is 0. The van der Waals surface area contributed by atoms with Gasteiger partial charge in [-0.2, -0.15) is 0 Å². The summed E-state index contributed by atoms with van der Waals surface area (Å²) in [6.45, 7) is 0. The molecular weight excluding hydrogens is 280 g/mol. The summed E-state index contributed by atoms with van der Waals surface area (Å²) in [6, 6.07) is 9.14. The fraction of sp³-hybridized carbons (Fsp3) is 0.214. The van der Waals surface area contributed by atoms with Crippen LogP contribution in [-0.2, 0) is 11.2 Å². The van der Waals surface area contributed by atoms with E-state index in [0.717, 1.165) is 12.8 Å². The summed E-state index contributed by atoms with van der Waals surface area (Å²) in [4.78, 5) is 13.1. The first kappa shape index (κ1) is 13.9. The van der Waals surface area contributed by atoms with E-state index in [0.29, 0.717) is 22.8 Å². The highest BCUT2D eigenvalue weighted by Crippen LogP contribution is 2.23. The zero-order valence-electron chi connectivity index (χ0n) is 10.4. The van der Waals surface area contributed by atoms with Crippen molar-refractivity contribution in [3.63, 3.8) is 0 Å². The molecule has 0 bridgehead atoms. The largest absolute Gasteiger partial charge is 0.397 e. The van der Waals surface area contributed by atoms with Crippen LogP contribution in [0.2, 0.25) is 5.02 Å². The fourth-order valence-electron chi connectivity index (χ4n) is 1.73. The third-order valence-corrected chi connectivity index (χ3v) is 3.87. The Morgan fingerprint density at radius 3 is 2.95 bits per heavy atom. The molecule has 0 atom stereocenters. The Kier molecular flexibility index (Phi) is 4.82. The van der Waals surface area contributed by atoms with Gasteiger partial charge in [0, 0.05) is 16.3 Å². The Balaban J connectivity index is 1.82. The highest BCUT2D eigenvalue weighted by atomic mass is 35.5.